The van der Waals surface area contributed by atoms with Gasteiger partial charge in [-0.2, -0.15) is 0 Å². The standard InChI is InChI=1S/C29H41F2N3Si/c1-19(2)35(20(3)4,21(5)6)34-18-26(22-12-14-33(7)15-13-22)25-10-8-24(17-29(25)34)32-23-9-11-27(30)28(31)16-23/h8-11,16-22,32H,12-15H2,1-7H3. The smallest absolute Gasteiger partial charge is 0.169 e. The van der Waals surface area contributed by atoms with E-state index in [1.165, 1.54) is 41.4 Å². The SMILES string of the molecule is CC(C)[Si](C(C)C)(C(C)C)n1cc(C2CCN(C)CC2)c2ccc(Nc3ccc(F)c(F)c3)cc21. The number of hydrogen-bond donors (Lipinski definition) is 1. The lowest BCUT2D eigenvalue weighted by atomic mass is 9.89. The molecule has 2 heterocycles. The van der Waals surface area contributed by atoms with E-state index in [1.807, 2.05) is 0 Å². The van der Waals surface area contributed by atoms with Crippen LogP contribution in [0.1, 0.15) is 65.9 Å². The largest absolute Gasteiger partial charge is 0.373 e. The highest BCUT2D eigenvalue weighted by molar-refractivity contribution is 6.82. The molecule has 0 unspecified atom stereocenters. The quantitative estimate of drug-likeness (QED) is 0.330. The van der Waals surface area contributed by atoms with E-state index in [1.54, 1.807) is 6.07 Å². The van der Waals surface area contributed by atoms with Gasteiger partial charge in [-0.1, -0.05) is 47.6 Å². The van der Waals surface area contributed by atoms with E-state index in [2.05, 4.69) is 87.4 Å². The molecule has 0 saturated carbocycles. The molecule has 1 aromatic heterocycles. The predicted octanol–water partition coefficient (Wildman–Crippen LogP) is 8.50. The first-order chi connectivity index (χ1) is 16.5. The van der Waals surface area contributed by atoms with Gasteiger partial charge in [0.1, 0.15) is 0 Å². The van der Waals surface area contributed by atoms with Crippen LogP contribution in [0, 0.1) is 11.6 Å². The zero-order valence-electron chi connectivity index (χ0n) is 22.3. The molecule has 1 N–H and O–H groups in total. The minimum atomic E-state index is -1.99. The normalized spacial score (nSPS) is 16.2. The van der Waals surface area contributed by atoms with Crippen LogP contribution in [0.2, 0.25) is 16.6 Å². The van der Waals surface area contributed by atoms with E-state index < -0.39 is 19.9 Å². The van der Waals surface area contributed by atoms with Crippen molar-refractivity contribution in [2.75, 3.05) is 25.5 Å². The number of halogens is 2. The van der Waals surface area contributed by atoms with Crippen molar-refractivity contribution in [3.63, 3.8) is 0 Å². The van der Waals surface area contributed by atoms with Crippen molar-refractivity contribution in [3.05, 3.63) is 59.8 Å². The number of aromatic nitrogens is 1. The summed E-state index contributed by atoms with van der Waals surface area (Å²) in [6.45, 7) is 16.7. The first-order valence-electron chi connectivity index (χ1n) is 13.1. The highest BCUT2D eigenvalue weighted by Gasteiger charge is 2.46. The summed E-state index contributed by atoms with van der Waals surface area (Å²) in [5.74, 6) is -1.10. The van der Waals surface area contributed by atoms with Crippen LogP contribution < -0.4 is 5.32 Å². The lowest BCUT2D eigenvalue weighted by Gasteiger charge is -2.44. The molecule has 0 atom stereocenters. The molecule has 3 aromatic rings. The Morgan fingerprint density at radius 1 is 0.829 bits per heavy atom. The second-order valence-electron chi connectivity index (χ2n) is 11.4. The number of rotatable bonds is 7. The van der Waals surface area contributed by atoms with Gasteiger partial charge in [0.15, 0.2) is 19.9 Å². The summed E-state index contributed by atoms with van der Waals surface area (Å²) in [7, 11) is 0.225. The minimum Gasteiger partial charge on any atom is -0.373 e. The molecule has 2 aromatic carbocycles. The highest BCUT2D eigenvalue weighted by atomic mass is 28.3. The molecule has 0 radical (unpaired) electrons. The van der Waals surface area contributed by atoms with Crippen molar-refractivity contribution in [2.24, 2.45) is 0 Å². The van der Waals surface area contributed by atoms with Crippen LogP contribution in [0.15, 0.2) is 42.6 Å². The molecule has 0 amide bonds. The molecule has 1 aliphatic rings. The number of nitrogens with zero attached hydrogens (tertiary/aromatic N) is 2. The number of hydrogen-bond acceptors (Lipinski definition) is 2. The summed E-state index contributed by atoms with van der Waals surface area (Å²) >= 11 is 0. The van der Waals surface area contributed by atoms with Gasteiger partial charge in [0.05, 0.1) is 0 Å². The third-order valence-corrected chi connectivity index (χ3v) is 15.1. The Kier molecular flexibility index (Phi) is 7.44. The van der Waals surface area contributed by atoms with Crippen molar-refractivity contribution in [2.45, 2.75) is 76.9 Å². The number of anilines is 2. The van der Waals surface area contributed by atoms with Crippen molar-refractivity contribution in [1.29, 1.82) is 0 Å². The Bertz CT molecular complexity index is 1150. The zero-order valence-corrected chi connectivity index (χ0v) is 23.3. The average molecular weight is 498 g/mol. The van der Waals surface area contributed by atoms with Gasteiger partial charge in [0.25, 0.3) is 0 Å². The third-order valence-electron chi connectivity index (χ3n) is 8.39. The Morgan fingerprint density at radius 3 is 1.97 bits per heavy atom. The summed E-state index contributed by atoms with van der Waals surface area (Å²) in [6, 6.07) is 10.5. The zero-order chi connectivity index (χ0) is 25.5. The fourth-order valence-electron chi connectivity index (χ4n) is 6.87. The monoisotopic (exact) mass is 497 g/mol. The van der Waals surface area contributed by atoms with Gasteiger partial charge in [-0.05, 0) is 91.5 Å². The number of piperidine rings is 1. The maximum atomic E-state index is 13.8. The molecule has 1 aliphatic heterocycles. The van der Waals surface area contributed by atoms with Crippen LogP contribution >= 0.6 is 0 Å². The molecule has 4 rings (SSSR count). The van der Waals surface area contributed by atoms with Gasteiger partial charge < -0.3 is 14.4 Å². The molecule has 6 heteroatoms. The van der Waals surface area contributed by atoms with Crippen LogP contribution in [-0.2, 0) is 0 Å². The Hall–Kier alpha value is -2.18. The topological polar surface area (TPSA) is 20.2 Å². The van der Waals surface area contributed by atoms with Gasteiger partial charge in [0.2, 0.25) is 0 Å². The van der Waals surface area contributed by atoms with Crippen LogP contribution in [0.5, 0.6) is 0 Å². The van der Waals surface area contributed by atoms with Gasteiger partial charge in [-0.3, -0.25) is 0 Å². The van der Waals surface area contributed by atoms with E-state index in [9.17, 15) is 8.78 Å². The summed E-state index contributed by atoms with van der Waals surface area (Å²) in [6.07, 6.45) is 4.88. The van der Waals surface area contributed by atoms with Gasteiger partial charge in [0, 0.05) is 28.3 Å². The van der Waals surface area contributed by atoms with E-state index in [0.717, 1.165) is 18.8 Å². The number of likely N-dealkylation sites (tertiary alicyclic amines) is 1. The van der Waals surface area contributed by atoms with Crippen molar-refractivity contribution in [1.82, 2.24) is 9.13 Å². The van der Waals surface area contributed by atoms with E-state index in [4.69, 9.17) is 0 Å². The number of fused-ring (bicyclic) bond motifs is 1. The maximum Gasteiger partial charge on any atom is 0.169 e. The summed E-state index contributed by atoms with van der Waals surface area (Å²) < 4.78 is 30.0. The summed E-state index contributed by atoms with van der Waals surface area (Å²) in [5.41, 5.74) is 5.93. The predicted molar refractivity (Wildman–Crippen MR) is 147 cm³/mol. The molecular formula is C29H41F2N3Si. The average Bonchev–Trinajstić information content (AvgIpc) is 3.15. The lowest BCUT2D eigenvalue weighted by molar-refractivity contribution is 0.256. The molecular weight excluding hydrogens is 456 g/mol. The third kappa shape index (κ3) is 4.67. The van der Waals surface area contributed by atoms with Crippen LogP contribution in [0.4, 0.5) is 20.2 Å². The van der Waals surface area contributed by atoms with Crippen LogP contribution in [0.3, 0.4) is 0 Å². The van der Waals surface area contributed by atoms with Gasteiger partial charge in [-0.15, -0.1) is 0 Å². The molecule has 0 aliphatic carbocycles. The maximum absolute atomic E-state index is 13.8. The Labute approximate surface area is 210 Å². The van der Waals surface area contributed by atoms with Gasteiger partial charge in [-0.25, -0.2) is 8.78 Å². The minimum absolute atomic E-state index is 0.553. The van der Waals surface area contributed by atoms with Crippen molar-refractivity contribution >= 4 is 30.5 Å². The first-order valence-corrected chi connectivity index (χ1v) is 15.3. The second-order valence-corrected chi connectivity index (χ2v) is 17.1. The molecule has 35 heavy (non-hydrogen) atoms. The fourth-order valence-corrected chi connectivity index (χ4v) is 13.5. The van der Waals surface area contributed by atoms with Crippen molar-refractivity contribution < 1.29 is 8.78 Å². The summed E-state index contributed by atoms with van der Waals surface area (Å²) in [5, 5.41) is 4.66. The van der Waals surface area contributed by atoms with E-state index >= 15 is 0 Å². The van der Waals surface area contributed by atoms with Crippen LogP contribution in [-0.4, -0.2) is 37.5 Å². The Morgan fingerprint density at radius 2 is 1.40 bits per heavy atom. The number of nitrogens with one attached hydrogen (secondary N) is 1. The molecule has 0 spiro atoms. The van der Waals surface area contributed by atoms with E-state index in [0.29, 0.717) is 28.2 Å². The summed E-state index contributed by atoms with van der Waals surface area (Å²) in [4.78, 5) is 2.43. The molecule has 3 nitrogen and oxygen atoms in total. The van der Waals surface area contributed by atoms with E-state index in [-0.39, 0.29) is 0 Å². The fraction of sp³-hybridized carbons (Fsp3) is 0.517. The Balaban J connectivity index is 1.88. The van der Waals surface area contributed by atoms with Gasteiger partial charge >= 0.3 is 0 Å². The first kappa shape index (κ1) is 25.9. The number of benzene rings is 2. The highest BCUT2D eigenvalue weighted by Crippen LogP contribution is 2.46. The van der Waals surface area contributed by atoms with Crippen LogP contribution in [0.25, 0.3) is 10.9 Å². The molecule has 0 bridgehead atoms. The molecule has 1 saturated heterocycles. The van der Waals surface area contributed by atoms with Crippen molar-refractivity contribution in [3.8, 4) is 0 Å². The molecule has 190 valence electrons. The second kappa shape index (κ2) is 10.1. The molecule has 1 fully saturated rings. The lowest BCUT2D eigenvalue weighted by Crippen LogP contribution is -2.51.